The van der Waals surface area contributed by atoms with Crippen LogP contribution in [0.25, 0.3) is 55.0 Å². The zero-order valence-electron chi connectivity index (χ0n) is 32.9. The van der Waals surface area contributed by atoms with Crippen LogP contribution in [0.2, 0.25) is 0 Å². The summed E-state index contributed by atoms with van der Waals surface area (Å²) in [5.74, 6) is 0. The van der Waals surface area contributed by atoms with Crippen molar-refractivity contribution in [3.63, 3.8) is 0 Å². The van der Waals surface area contributed by atoms with Crippen LogP contribution in [0.3, 0.4) is 0 Å². The summed E-state index contributed by atoms with van der Waals surface area (Å²) in [4.78, 5) is 5.24. The van der Waals surface area contributed by atoms with Gasteiger partial charge in [0, 0.05) is 44.4 Å². The first-order valence-corrected chi connectivity index (χ1v) is 20.2. The Morgan fingerprint density at radius 2 is 1.30 bits per heavy atom. The normalized spacial score (nSPS) is 14.8. The van der Waals surface area contributed by atoms with Gasteiger partial charge in [-0.05, 0) is 85.3 Å². The van der Waals surface area contributed by atoms with E-state index >= 15 is 0 Å². The number of nitrogens with zero attached hydrogens (tertiary/aromatic N) is 2. The van der Waals surface area contributed by atoms with Crippen LogP contribution < -0.4 is 20.6 Å². The van der Waals surface area contributed by atoms with Gasteiger partial charge in [-0.1, -0.05) is 162 Å². The van der Waals surface area contributed by atoms with Crippen molar-refractivity contribution in [3.05, 3.63) is 174 Å². The summed E-state index contributed by atoms with van der Waals surface area (Å²) < 4.78 is 7.09. The minimum absolute atomic E-state index is 0.0298. The molecule has 0 N–H and O–H groups in total. The van der Waals surface area contributed by atoms with E-state index in [2.05, 4.69) is 202 Å². The molecule has 0 radical (unpaired) electrons. The second-order valence-corrected chi connectivity index (χ2v) is 17.7. The van der Waals surface area contributed by atoms with E-state index in [1.54, 1.807) is 0 Å². The predicted molar refractivity (Wildman–Crippen MR) is 241 cm³/mol. The number of anilines is 5. The fourth-order valence-electron chi connectivity index (χ4n) is 10.4. The highest BCUT2D eigenvalue weighted by molar-refractivity contribution is 6.94. The molecule has 12 rings (SSSR count). The summed E-state index contributed by atoms with van der Waals surface area (Å²) >= 11 is 0. The molecule has 3 nitrogen and oxygen atoms in total. The molecule has 8 aromatic carbocycles. The lowest BCUT2D eigenvalue weighted by molar-refractivity contribution is 0.590. The van der Waals surface area contributed by atoms with Crippen LogP contribution in [0.5, 0.6) is 0 Å². The SMILES string of the molecule is CC(C)(C)c1ccc(N2c3cc4ccccc4c4c3B(c3ccc5c(oc6ccccc65)c32)N2c3ccccc3C(C)(C)c3cccc-4c32)c(-c2ccccc2)c1. The molecule has 1 aromatic heterocycles. The van der Waals surface area contributed by atoms with Gasteiger partial charge in [0.05, 0.1) is 11.4 Å². The lowest BCUT2D eigenvalue weighted by Crippen LogP contribution is -2.63. The Bertz CT molecular complexity index is 3170. The van der Waals surface area contributed by atoms with Gasteiger partial charge in [-0.3, -0.25) is 0 Å². The van der Waals surface area contributed by atoms with Crippen molar-refractivity contribution >= 4 is 78.9 Å². The van der Waals surface area contributed by atoms with Crippen molar-refractivity contribution in [2.45, 2.75) is 45.4 Å². The molecule has 3 aliphatic heterocycles. The first-order valence-electron chi connectivity index (χ1n) is 20.2. The standard InChI is InChI=1S/C53H41BN2O/c1-52(2,3)34-26-29-43(39(31-34)32-16-7-6-8-17-32)55-45-30-33-18-9-10-19-35(33)47-38-21-15-23-41-49(38)56(44-24-13-12-22-40(44)53(41,4)5)54(48(45)47)42-28-27-37-36-20-11-14-25-46(36)57-51(37)50(42)55/h6-31H,1-5H3. The molecular formula is C53H41BN2O. The van der Waals surface area contributed by atoms with Crippen LogP contribution in [0.4, 0.5) is 28.4 Å². The molecule has 57 heavy (non-hydrogen) atoms. The molecule has 0 fully saturated rings. The molecule has 272 valence electrons. The number of fused-ring (bicyclic) bond motifs is 12. The highest BCUT2D eigenvalue weighted by Gasteiger charge is 2.51. The lowest BCUT2D eigenvalue weighted by atomic mass is 9.42. The second-order valence-electron chi connectivity index (χ2n) is 17.7. The summed E-state index contributed by atoms with van der Waals surface area (Å²) in [7, 11) is 0. The number of hydrogen-bond acceptors (Lipinski definition) is 3. The fourth-order valence-corrected chi connectivity index (χ4v) is 10.4. The summed E-state index contributed by atoms with van der Waals surface area (Å²) in [5, 5.41) is 4.77. The topological polar surface area (TPSA) is 19.6 Å². The number of hydrogen-bond donors (Lipinski definition) is 0. The molecule has 0 saturated heterocycles. The summed E-state index contributed by atoms with van der Waals surface area (Å²) in [6.45, 7) is 11.6. The van der Waals surface area contributed by atoms with Crippen LogP contribution >= 0.6 is 0 Å². The van der Waals surface area contributed by atoms with Crippen molar-refractivity contribution in [1.82, 2.24) is 0 Å². The maximum Gasteiger partial charge on any atom is 0.333 e. The molecule has 0 saturated carbocycles. The molecule has 4 heteroatoms. The predicted octanol–water partition coefficient (Wildman–Crippen LogP) is 13.1. The minimum atomic E-state index is -0.186. The lowest BCUT2D eigenvalue weighted by Gasteiger charge is -2.51. The molecule has 0 atom stereocenters. The van der Waals surface area contributed by atoms with Gasteiger partial charge < -0.3 is 14.1 Å². The number of furan rings is 1. The molecule has 0 unspecified atom stereocenters. The third kappa shape index (κ3) is 4.33. The molecule has 3 aliphatic rings. The van der Waals surface area contributed by atoms with E-state index in [9.17, 15) is 0 Å². The van der Waals surface area contributed by atoms with Gasteiger partial charge in [-0.2, -0.15) is 0 Å². The van der Waals surface area contributed by atoms with E-state index in [1.165, 1.54) is 77.7 Å². The van der Waals surface area contributed by atoms with Crippen molar-refractivity contribution < 1.29 is 4.42 Å². The van der Waals surface area contributed by atoms with Crippen LogP contribution in [-0.4, -0.2) is 6.85 Å². The number of rotatable bonds is 2. The number of benzene rings is 8. The van der Waals surface area contributed by atoms with E-state index in [-0.39, 0.29) is 17.7 Å². The summed E-state index contributed by atoms with van der Waals surface area (Å²) in [6, 6.07) is 58.8. The molecule has 0 aliphatic carbocycles. The van der Waals surface area contributed by atoms with Crippen molar-refractivity contribution in [3.8, 4) is 22.3 Å². The van der Waals surface area contributed by atoms with E-state index < -0.39 is 0 Å². The first kappa shape index (κ1) is 32.7. The molecule has 0 spiro atoms. The van der Waals surface area contributed by atoms with Crippen LogP contribution in [0, 0.1) is 0 Å². The van der Waals surface area contributed by atoms with Gasteiger partial charge in [0.25, 0.3) is 0 Å². The molecule has 0 amide bonds. The summed E-state index contributed by atoms with van der Waals surface area (Å²) in [5.41, 5.74) is 19.2. The Labute approximate surface area is 333 Å². The van der Waals surface area contributed by atoms with Gasteiger partial charge >= 0.3 is 6.85 Å². The smallest absolute Gasteiger partial charge is 0.333 e. The van der Waals surface area contributed by atoms with Gasteiger partial charge in [0.2, 0.25) is 0 Å². The minimum Gasteiger partial charge on any atom is -0.454 e. The van der Waals surface area contributed by atoms with Crippen LogP contribution in [-0.2, 0) is 10.8 Å². The third-order valence-corrected chi connectivity index (χ3v) is 13.2. The van der Waals surface area contributed by atoms with Crippen molar-refractivity contribution in [2.75, 3.05) is 9.71 Å². The van der Waals surface area contributed by atoms with E-state index in [0.717, 1.165) is 33.3 Å². The van der Waals surface area contributed by atoms with Crippen LogP contribution in [0.15, 0.2) is 162 Å². The summed E-state index contributed by atoms with van der Waals surface area (Å²) in [6.07, 6.45) is 0. The molecular weight excluding hydrogens is 691 g/mol. The Kier molecular flexibility index (Phi) is 6.48. The van der Waals surface area contributed by atoms with Crippen LogP contribution in [0.1, 0.15) is 51.3 Å². The van der Waals surface area contributed by atoms with E-state index in [1.807, 2.05) is 0 Å². The third-order valence-electron chi connectivity index (χ3n) is 13.2. The molecule has 9 aromatic rings. The Balaban J connectivity index is 1.29. The molecule has 0 bridgehead atoms. The monoisotopic (exact) mass is 732 g/mol. The van der Waals surface area contributed by atoms with E-state index in [0.29, 0.717) is 0 Å². The van der Waals surface area contributed by atoms with Gasteiger partial charge in [0.1, 0.15) is 5.58 Å². The largest absolute Gasteiger partial charge is 0.454 e. The highest BCUT2D eigenvalue weighted by Crippen LogP contribution is 2.58. The zero-order valence-corrected chi connectivity index (χ0v) is 32.9. The molecule has 4 heterocycles. The zero-order chi connectivity index (χ0) is 38.4. The van der Waals surface area contributed by atoms with Crippen molar-refractivity contribution in [1.29, 1.82) is 0 Å². The first-order chi connectivity index (χ1) is 27.7. The van der Waals surface area contributed by atoms with Crippen molar-refractivity contribution in [2.24, 2.45) is 0 Å². The quantitative estimate of drug-likeness (QED) is 0.165. The number of para-hydroxylation sites is 3. The Hall–Kier alpha value is -6.52. The van der Waals surface area contributed by atoms with Gasteiger partial charge in [-0.15, -0.1) is 0 Å². The average molecular weight is 733 g/mol. The second kappa shape index (κ2) is 11.3. The van der Waals surface area contributed by atoms with E-state index in [4.69, 9.17) is 4.42 Å². The Morgan fingerprint density at radius 1 is 0.561 bits per heavy atom. The van der Waals surface area contributed by atoms with Gasteiger partial charge in [-0.25, -0.2) is 0 Å². The maximum atomic E-state index is 7.09. The Morgan fingerprint density at radius 3 is 2.14 bits per heavy atom. The maximum absolute atomic E-state index is 7.09. The van der Waals surface area contributed by atoms with Gasteiger partial charge in [0.15, 0.2) is 5.58 Å². The highest BCUT2D eigenvalue weighted by atomic mass is 16.3. The fraction of sp³-hybridized carbons (Fsp3) is 0.132. The average Bonchev–Trinajstić information content (AvgIpc) is 3.62.